The number of H-pyrrole nitrogens is 1. The fourth-order valence-electron chi connectivity index (χ4n) is 3.82. The minimum atomic E-state index is -0.403. The van der Waals surface area contributed by atoms with Crippen molar-refractivity contribution in [3.05, 3.63) is 48.0 Å². The highest BCUT2D eigenvalue weighted by Gasteiger charge is 2.29. The number of imidazole rings is 1. The van der Waals surface area contributed by atoms with E-state index in [0.29, 0.717) is 30.1 Å². The van der Waals surface area contributed by atoms with Gasteiger partial charge in [0.25, 0.3) is 11.5 Å². The SMILES string of the molecule is Cc1scc(C(=O)N2CCCC(c3nc4c([nH]3)c(=O)n(C)c(=O)n4C)C2)c1C. The molecule has 0 aliphatic carbocycles. The van der Waals surface area contributed by atoms with E-state index in [1.54, 1.807) is 18.4 Å². The fourth-order valence-corrected chi connectivity index (χ4v) is 4.68. The molecule has 28 heavy (non-hydrogen) atoms. The van der Waals surface area contributed by atoms with E-state index in [-0.39, 0.29) is 17.4 Å². The Kier molecular flexibility index (Phi) is 4.49. The minimum Gasteiger partial charge on any atom is -0.338 e. The molecule has 1 atom stereocenters. The molecule has 3 aromatic heterocycles. The summed E-state index contributed by atoms with van der Waals surface area (Å²) in [6, 6.07) is 0. The van der Waals surface area contributed by atoms with Gasteiger partial charge >= 0.3 is 5.69 Å². The zero-order valence-electron chi connectivity index (χ0n) is 16.4. The summed E-state index contributed by atoms with van der Waals surface area (Å²) in [7, 11) is 3.06. The fraction of sp³-hybridized carbons (Fsp3) is 0.474. The van der Waals surface area contributed by atoms with Crippen LogP contribution in [0.2, 0.25) is 0 Å². The number of nitrogens with zero attached hydrogens (tertiary/aromatic N) is 4. The van der Waals surface area contributed by atoms with E-state index in [1.165, 1.54) is 11.6 Å². The van der Waals surface area contributed by atoms with Crippen LogP contribution in [-0.2, 0) is 14.1 Å². The number of hydrogen-bond acceptors (Lipinski definition) is 5. The van der Waals surface area contributed by atoms with Crippen LogP contribution in [0.1, 0.15) is 45.4 Å². The zero-order valence-corrected chi connectivity index (χ0v) is 17.2. The van der Waals surface area contributed by atoms with Crippen molar-refractivity contribution >= 4 is 28.4 Å². The molecule has 1 amide bonds. The second-order valence-corrected chi connectivity index (χ2v) is 8.53. The van der Waals surface area contributed by atoms with Crippen LogP contribution in [0.5, 0.6) is 0 Å². The lowest BCUT2D eigenvalue weighted by molar-refractivity contribution is 0.0704. The molecule has 8 nitrogen and oxygen atoms in total. The van der Waals surface area contributed by atoms with Crippen molar-refractivity contribution in [2.45, 2.75) is 32.6 Å². The van der Waals surface area contributed by atoms with Gasteiger partial charge in [-0.15, -0.1) is 11.3 Å². The Hall–Kier alpha value is -2.68. The summed E-state index contributed by atoms with van der Waals surface area (Å²) in [5.74, 6) is 0.708. The average molecular weight is 401 g/mol. The molecule has 1 fully saturated rings. The van der Waals surface area contributed by atoms with Crippen LogP contribution in [0, 0.1) is 13.8 Å². The first-order chi connectivity index (χ1) is 13.3. The number of hydrogen-bond donors (Lipinski definition) is 1. The number of amides is 1. The van der Waals surface area contributed by atoms with E-state index in [1.807, 2.05) is 24.1 Å². The summed E-state index contributed by atoms with van der Waals surface area (Å²) < 4.78 is 2.45. The van der Waals surface area contributed by atoms with Gasteiger partial charge in [-0.2, -0.15) is 0 Å². The van der Waals surface area contributed by atoms with Crippen LogP contribution in [-0.4, -0.2) is 43.0 Å². The molecular weight excluding hydrogens is 378 g/mol. The standard InChI is InChI=1S/C19H23N5O3S/c1-10-11(2)28-9-13(10)17(25)24-7-5-6-12(8-24)15-20-14-16(21-15)22(3)19(27)23(4)18(14)26/h9,12H,5-8H2,1-4H3,(H,20,21). The Morgan fingerprint density at radius 1 is 1.25 bits per heavy atom. The van der Waals surface area contributed by atoms with Gasteiger partial charge in [0.2, 0.25) is 0 Å². The molecule has 3 aromatic rings. The van der Waals surface area contributed by atoms with E-state index in [0.717, 1.165) is 33.4 Å². The van der Waals surface area contributed by atoms with E-state index < -0.39 is 5.69 Å². The number of likely N-dealkylation sites (tertiary alicyclic amines) is 1. The van der Waals surface area contributed by atoms with Crippen LogP contribution in [0.3, 0.4) is 0 Å². The molecule has 0 saturated carbocycles. The van der Waals surface area contributed by atoms with E-state index >= 15 is 0 Å². The van der Waals surface area contributed by atoms with Crippen LogP contribution < -0.4 is 11.2 Å². The number of aromatic amines is 1. The quantitative estimate of drug-likeness (QED) is 0.707. The number of carbonyl (C=O) groups excluding carboxylic acids is 1. The monoisotopic (exact) mass is 401 g/mol. The number of aromatic nitrogens is 4. The molecule has 4 rings (SSSR count). The van der Waals surface area contributed by atoms with Crippen molar-refractivity contribution < 1.29 is 4.79 Å². The lowest BCUT2D eigenvalue weighted by Gasteiger charge is -2.32. The Bertz CT molecular complexity index is 1200. The first-order valence-electron chi connectivity index (χ1n) is 9.29. The normalized spacial score (nSPS) is 17.4. The van der Waals surface area contributed by atoms with Crippen molar-refractivity contribution in [1.82, 2.24) is 24.0 Å². The average Bonchev–Trinajstić information content (AvgIpc) is 3.29. The summed E-state index contributed by atoms with van der Waals surface area (Å²) in [4.78, 5) is 48.2. The smallest absolute Gasteiger partial charge is 0.332 e. The van der Waals surface area contributed by atoms with E-state index in [4.69, 9.17) is 0 Å². The largest absolute Gasteiger partial charge is 0.338 e. The number of aryl methyl sites for hydroxylation is 2. The van der Waals surface area contributed by atoms with Gasteiger partial charge in [-0.1, -0.05) is 0 Å². The number of thiophene rings is 1. The first-order valence-corrected chi connectivity index (χ1v) is 10.2. The molecule has 4 heterocycles. The number of carbonyl (C=O) groups is 1. The molecule has 0 radical (unpaired) electrons. The van der Waals surface area contributed by atoms with Gasteiger partial charge in [0, 0.05) is 43.4 Å². The van der Waals surface area contributed by atoms with Gasteiger partial charge in [-0.3, -0.25) is 18.7 Å². The molecule has 1 aliphatic rings. The summed E-state index contributed by atoms with van der Waals surface area (Å²) in [6.07, 6.45) is 1.74. The Labute approximate surface area is 165 Å². The number of rotatable bonds is 2. The lowest BCUT2D eigenvalue weighted by atomic mass is 9.96. The predicted molar refractivity (Wildman–Crippen MR) is 108 cm³/mol. The predicted octanol–water partition coefficient (Wildman–Crippen LogP) is 1.66. The Morgan fingerprint density at radius 2 is 2.00 bits per heavy atom. The highest BCUT2D eigenvalue weighted by Crippen LogP contribution is 2.29. The molecule has 9 heteroatoms. The van der Waals surface area contributed by atoms with Gasteiger partial charge in [0.1, 0.15) is 11.3 Å². The third-order valence-corrected chi connectivity index (χ3v) is 6.74. The second kappa shape index (κ2) is 6.73. The molecule has 148 valence electrons. The van der Waals surface area contributed by atoms with Gasteiger partial charge in [0.15, 0.2) is 5.65 Å². The first kappa shape index (κ1) is 18.7. The third-order valence-electron chi connectivity index (χ3n) is 5.72. The van der Waals surface area contributed by atoms with Crippen molar-refractivity contribution in [2.75, 3.05) is 13.1 Å². The highest BCUT2D eigenvalue weighted by atomic mass is 32.1. The van der Waals surface area contributed by atoms with Crippen molar-refractivity contribution in [1.29, 1.82) is 0 Å². The second-order valence-electron chi connectivity index (χ2n) is 7.45. The summed E-state index contributed by atoms with van der Waals surface area (Å²) in [5.41, 5.74) is 1.70. The van der Waals surface area contributed by atoms with Crippen molar-refractivity contribution in [3.63, 3.8) is 0 Å². The molecule has 1 N–H and O–H groups in total. The van der Waals surface area contributed by atoms with Gasteiger partial charge < -0.3 is 9.88 Å². The molecule has 0 bridgehead atoms. The Balaban J connectivity index is 1.67. The van der Waals surface area contributed by atoms with Gasteiger partial charge in [0.05, 0.1) is 5.56 Å². The van der Waals surface area contributed by atoms with E-state index in [2.05, 4.69) is 9.97 Å². The maximum absolute atomic E-state index is 13.0. The van der Waals surface area contributed by atoms with Gasteiger partial charge in [-0.05, 0) is 32.3 Å². The van der Waals surface area contributed by atoms with E-state index in [9.17, 15) is 14.4 Å². The summed E-state index contributed by atoms with van der Waals surface area (Å²) >= 11 is 1.59. The van der Waals surface area contributed by atoms with Crippen LogP contribution in [0.15, 0.2) is 15.0 Å². The Morgan fingerprint density at radius 3 is 2.68 bits per heavy atom. The topological polar surface area (TPSA) is 93.0 Å². The summed E-state index contributed by atoms with van der Waals surface area (Å²) in [6.45, 7) is 5.26. The molecule has 0 spiro atoms. The molecule has 1 aliphatic heterocycles. The van der Waals surface area contributed by atoms with Crippen molar-refractivity contribution in [2.24, 2.45) is 14.1 Å². The zero-order chi connectivity index (χ0) is 20.2. The molecule has 1 unspecified atom stereocenters. The number of piperidine rings is 1. The molecule has 1 saturated heterocycles. The van der Waals surface area contributed by atoms with Crippen LogP contribution in [0.4, 0.5) is 0 Å². The number of nitrogens with one attached hydrogen (secondary N) is 1. The lowest BCUT2D eigenvalue weighted by Crippen LogP contribution is -2.39. The van der Waals surface area contributed by atoms with Gasteiger partial charge in [-0.25, -0.2) is 9.78 Å². The summed E-state index contributed by atoms with van der Waals surface area (Å²) in [5, 5.41) is 1.93. The molecular formula is C19H23N5O3S. The molecule has 0 aromatic carbocycles. The number of fused-ring (bicyclic) bond motifs is 1. The van der Waals surface area contributed by atoms with Crippen LogP contribution >= 0.6 is 11.3 Å². The third kappa shape index (κ3) is 2.81. The van der Waals surface area contributed by atoms with Crippen LogP contribution in [0.25, 0.3) is 11.2 Å². The minimum absolute atomic E-state index is 0.00458. The maximum Gasteiger partial charge on any atom is 0.332 e. The maximum atomic E-state index is 13.0. The highest BCUT2D eigenvalue weighted by molar-refractivity contribution is 7.10. The van der Waals surface area contributed by atoms with Crippen molar-refractivity contribution in [3.8, 4) is 0 Å².